The van der Waals surface area contributed by atoms with Crippen molar-refractivity contribution >= 4 is 21.7 Å². The van der Waals surface area contributed by atoms with E-state index in [4.69, 9.17) is 4.74 Å². The maximum atomic E-state index is 12.9. The van der Waals surface area contributed by atoms with E-state index >= 15 is 0 Å². The van der Waals surface area contributed by atoms with E-state index in [1.807, 2.05) is 0 Å². The molecule has 0 saturated heterocycles. The minimum Gasteiger partial charge on any atom is -0.449 e. The van der Waals surface area contributed by atoms with Gasteiger partial charge in [0.25, 0.3) is 5.91 Å². The van der Waals surface area contributed by atoms with Gasteiger partial charge in [0.1, 0.15) is 5.82 Å². The number of nitrogens with one attached hydrogen (secondary N) is 1. The van der Waals surface area contributed by atoms with E-state index in [9.17, 15) is 22.4 Å². The highest BCUT2D eigenvalue weighted by Gasteiger charge is 2.21. The topological polar surface area (TPSA) is 89.5 Å². The van der Waals surface area contributed by atoms with Gasteiger partial charge in [-0.3, -0.25) is 4.79 Å². The van der Waals surface area contributed by atoms with Crippen molar-refractivity contribution in [1.29, 1.82) is 0 Å². The van der Waals surface area contributed by atoms with Gasteiger partial charge in [0.05, 0.1) is 10.5 Å². The van der Waals surface area contributed by atoms with Gasteiger partial charge < -0.3 is 10.1 Å². The Morgan fingerprint density at radius 3 is 2.37 bits per heavy atom. The first-order chi connectivity index (χ1) is 12.6. The number of benzene rings is 2. The molecule has 0 bridgehead atoms. The van der Waals surface area contributed by atoms with Crippen LogP contribution in [0.3, 0.4) is 0 Å². The Bertz CT molecular complexity index is 955. The summed E-state index contributed by atoms with van der Waals surface area (Å²) in [5, 5.41) is 2.59. The van der Waals surface area contributed by atoms with Crippen LogP contribution in [0.25, 0.3) is 0 Å². The summed E-state index contributed by atoms with van der Waals surface area (Å²) in [7, 11) is -3.48. The van der Waals surface area contributed by atoms with Gasteiger partial charge in [-0.1, -0.05) is 18.2 Å². The van der Waals surface area contributed by atoms with Crippen molar-refractivity contribution in [3.63, 3.8) is 0 Å². The van der Waals surface area contributed by atoms with E-state index in [0.717, 1.165) is 6.26 Å². The van der Waals surface area contributed by atoms with Crippen molar-refractivity contribution in [1.82, 2.24) is 5.32 Å². The number of esters is 1. The molecule has 2 aromatic carbocycles. The first-order valence-corrected chi connectivity index (χ1v) is 10.0. The average molecular weight is 393 g/mol. The second kappa shape index (κ2) is 8.30. The van der Waals surface area contributed by atoms with Crippen LogP contribution in [0.15, 0.2) is 47.4 Å². The summed E-state index contributed by atoms with van der Waals surface area (Å²) in [6.45, 7) is 3.21. The van der Waals surface area contributed by atoms with E-state index in [2.05, 4.69) is 5.32 Å². The molecule has 2 aromatic rings. The second-order valence-corrected chi connectivity index (χ2v) is 8.16. The highest BCUT2D eigenvalue weighted by molar-refractivity contribution is 7.90. The minimum absolute atomic E-state index is 0.00605. The molecule has 0 aromatic heterocycles. The summed E-state index contributed by atoms with van der Waals surface area (Å²) in [4.78, 5) is 24.4. The number of sulfone groups is 1. The summed E-state index contributed by atoms with van der Waals surface area (Å²) >= 11 is 0. The largest absolute Gasteiger partial charge is 0.449 e. The Labute approximate surface area is 157 Å². The molecule has 0 aliphatic heterocycles. The molecular weight excluding hydrogens is 373 g/mol. The average Bonchev–Trinajstić information content (AvgIpc) is 2.60. The van der Waals surface area contributed by atoms with Gasteiger partial charge in [-0.15, -0.1) is 0 Å². The van der Waals surface area contributed by atoms with E-state index in [1.165, 1.54) is 49.4 Å². The maximum absolute atomic E-state index is 12.9. The Morgan fingerprint density at radius 2 is 1.78 bits per heavy atom. The highest BCUT2D eigenvalue weighted by atomic mass is 32.2. The van der Waals surface area contributed by atoms with Crippen molar-refractivity contribution < 1.29 is 27.1 Å². The number of aryl methyl sites for hydroxylation is 1. The lowest BCUT2D eigenvalue weighted by Gasteiger charge is -2.15. The summed E-state index contributed by atoms with van der Waals surface area (Å²) in [5.41, 5.74) is 1.31. The van der Waals surface area contributed by atoms with Gasteiger partial charge in [-0.2, -0.15) is 0 Å². The van der Waals surface area contributed by atoms with Crippen LogP contribution in [0.2, 0.25) is 0 Å². The molecule has 2 rings (SSSR count). The molecule has 0 unspecified atom stereocenters. The van der Waals surface area contributed by atoms with Crippen molar-refractivity contribution in [2.24, 2.45) is 0 Å². The predicted octanol–water partition coefficient (Wildman–Crippen LogP) is 2.40. The third-order valence-corrected chi connectivity index (χ3v) is 5.00. The smallest absolute Gasteiger partial charge is 0.339 e. The molecule has 0 aliphatic carbocycles. The molecule has 0 fully saturated rings. The summed E-state index contributed by atoms with van der Waals surface area (Å²) < 4.78 is 41.3. The third-order valence-electron chi connectivity index (χ3n) is 3.89. The fraction of sp³-hybridized carbons (Fsp3) is 0.263. The molecule has 0 aliphatic rings. The lowest BCUT2D eigenvalue weighted by Crippen LogP contribution is -2.35. The molecule has 8 heteroatoms. The Kier molecular flexibility index (Phi) is 6.32. The number of hydrogen-bond acceptors (Lipinski definition) is 5. The third kappa shape index (κ3) is 5.62. The van der Waals surface area contributed by atoms with Gasteiger partial charge in [0.2, 0.25) is 0 Å². The van der Waals surface area contributed by atoms with Gasteiger partial charge in [-0.05, 0) is 49.2 Å². The van der Waals surface area contributed by atoms with Crippen LogP contribution in [0.1, 0.15) is 28.4 Å². The molecule has 6 nitrogen and oxygen atoms in total. The van der Waals surface area contributed by atoms with E-state index in [0.29, 0.717) is 11.1 Å². The number of hydrogen-bond donors (Lipinski definition) is 1. The fourth-order valence-corrected chi connectivity index (χ4v) is 2.91. The number of ether oxygens (including phenoxy) is 1. The second-order valence-electron chi connectivity index (χ2n) is 6.14. The predicted molar refractivity (Wildman–Crippen MR) is 97.4 cm³/mol. The van der Waals surface area contributed by atoms with Crippen molar-refractivity contribution in [3.05, 3.63) is 65.0 Å². The quantitative estimate of drug-likeness (QED) is 0.761. The zero-order valence-corrected chi connectivity index (χ0v) is 16.0. The summed E-state index contributed by atoms with van der Waals surface area (Å²) in [6.07, 6.45) is -0.0441. The Balaban J connectivity index is 2.02. The SMILES string of the molecule is Cc1ccc(S(C)(=O)=O)cc1C(=O)O[C@@H](C)C(=O)NCc1ccc(F)cc1. The lowest BCUT2D eigenvalue weighted by atomic mass is 10.1. The lowest BCUT2D eigenvalue weighted by molar-refractivity contribution is -0.129. The van der Waals surface area contributed by atoms with Crippen LogP contribution in [0.4, 0.5) is 4.39 Å². The fourth-order valence-electron chi connectivity index (χ4n) is 2.26. The van der Waals surface area contributed by atoms with Crippen molar-refractivity contribution in [2.75, 3.05) is 6.26 Å². The van der Waals surface area contributed by atoms with Gasteiger partial charge in [0.15, 0.2) is 15.9 Å². The molecule has 1 amide bonds. The molecule has 1 atom stereocenters. The summed E-state index contributed by atoms with van der Waals surface area (Å²) in [6, 6.07) is 9.77. The van der Waals surface area contributed by atoms with Gasteiger partial charge >= 0.3 is 5.97 Å². The number of rotatable bonds is 6. The van der Waals surface area contributed by atoms with E-state index in [-0.39, 0.29) is 22.8 Å². The van der Waals surface area contributed by atoms with Crippen LogP contribution in [0.5, 0.6) is 0 Å². The van der Waals surface area contributed by atoms with E-state index in [1.54, 1.807) is 6.92 Å². The van der Waals surface area contributed by atoms with Crippen molar-refractivity contribution in [3.8, 4) is 0 Å². The molecule has 0 spiro atoms. The maximum Gasteiger partial charge on any atom is 0.339 e. The molecule has 27 heavy (non-hydrogen) atoms. The highest BCUT2D eigenvalue weighted by Crippen LogP contribution is 2.17. The zero-order valence-electron chi connectivity index (χ0n) is 15.2. The minimum atomic E-state index is -3.48. The number of halogens is 1. The first kappa shape index (κ1) is 20.6. The molecule has 0 radical (unpaired) electrons. The van der Waals surface area contributed by atoms with Gasteiger partial charge in [-0.25, -0.2) is 17.6 Å². The van der Waals surface area contributed by atoms with E-state index < -0.39 is 27.8 Å². The number of carbonyl (C=O) groups excluding carboxylic acids is 2. The normalized spacial score (nSPS) is 12.3. The standard InChI is InChI=1S/C19H20FNO5S/c1-12-4-9-16(27(3,24)25)10-17(12)19(23)26-13(2)18(22)21-11-14-5-7-15(20)8-6-14/h4-10,13H,11H2,1-3H3,(H,21,22)/t13-/m0/s1. The van der Waals surface area contributed by atoms with Crippen LogP contribution < -0.4 is 5.32 Å². The van der Waals surface area contributed by atoms with Gasteiger partial charge in [0, 0.05) is 12.8 Å². The monoisotopic (exact) mass is 393 g/mol. The molecule has 1 N–H and O–H groups in total. The zero-order chi connectivity index (χ0) is 20.2. The Hall–Kier alpha value is -2.74. The molecule has 0 heterocycles. The van der Waals surface area contributed by atoms with Crippen LogP contribution in [-0.2, 0) is 25.9 Å². The molecular formula is C19H20FNO5S. The number of carbonyl (C=O) groups is 2. The molecule has 0 saturated carbocycles. The van der Waals surface area contributed by atoms with Crippen LogP contribution >= 0.6 is 0 Å². The molecule has 144 valence electrons. The van der Waals surface area contributed by atoms with Crippen LogP contribution in [-0.4, -0.2) is 32.7 Å². The number of amides is 1. The first-order valence-electron chi connectivity index (χ1n) is 8.12. The Morgan fingerprint density at radius 1 is 1.15 bits per heavy atom. The van der Waals surface area contributed by atoms with Crippen LogP contribution in [0, 0.1) is 12.7 Å². The van der Waals surface area contributed by atoms with Crippen molar-refractivity contribution in [2.45, 2.75) is 31.4 Å². The summed E-state index contributed by atoms with van der Waals surface area (Å²) in [5.74, 6) is -1.69.